The average Bonchev–Trinajstić information content (AvgIpc) is 2.60. The highest BCUT2D eigenvalue weighted by Crippen LogP contribution is 2.73. The van der Waals surface area contributed by atoms with Crippen molar-refractivity contribution in [2.45, 2.75) is 25.2 Å². The molecule has 3 aliphatic rings. The first-order chi connectivity index (χ1) is 8.24. The molecule has 1 saturated heterocycles. The van der Waals surface area contributed by atoms with Gasteiger partial charge in [-0.25, -0.2) is 0 Å². The summed E-state index contributed by atoms with van der Waals surface area (Å²) in [4.78, 5) is 0. The van der Waals surface area contributed by atoms with Crippen LogP contribution in [0.5, 0.6) is 0 Å². The highest BCUT2D eigenvalue weighted by Gasteiger charge is 2.73. The van der Waals surface area contributed by atoms with Crippen molar-refractivity contribution in [3.8, 4) is 0 Å². The molecule has 0 radical (unpaired) electrons. The Morgan fingerprint density at radius 2 is 2.29 bits per heavy atom. The second-order valence-electron chi connectivity index (χ2n) is 6.09. The fourth-order valence-electron chi connectivity index (χ4n) is 4.41. The van der Waals surface area contributed by atoms with E-state index in [1.54, 1.807) is 0 Å². The third-order valence-electron chi connectivity index (χ3n) is 5.34. The molecule has 17 heavy (non-hydrogen) atoms. The number of nitrogens with one attached hydrogen (secondary N) is 1. The Balaban J connectivity index is 1.84. The summed E-state index contributed by atoms with van der Waals surface area (Å²) in [6.07, 6.45) is 2.62. The number of fused-ring (bicyclic) bond motifs is 2. The van der Waals surface area contributed by atoms with Crippen LogP contribution in [0.2, 0.25) is 0 Å². The van der Waals surface area contributed by atoms with Gasteiger partial charge < -0.3 is 9.84 Å². The number of hydrogen-bond acceptors (Lipinski definition) is 3. The Kier molecular flexibility index (Phi) is 1.16. The SMILES string of the molecule is Cc1noc2cc3c(cc12)CC12CNCC31C2. The smallest absolute Gasteiger partial charge is 0.167 e. The van der Waals surface area contributed by atoms with Gasteiger partial charge in [-0.05, 0) is 48.4 Å². The van der Waals surface area contributed by atoms with E-state index in [-0.39, 0.29) is 0 Å². The summed E-state index contributed by atoms with van der Waals surface area (Å²) in [5.41, 5.74) is 6.04. The maximum atomic E-state index is 5.41. The number of rotatable bonds is 0. The van der Waals surface area contributed by atoms with E-state index in [9.17, 15) is 0 Å². The van der Waals surface area contributed by atoms with E-state index in [4.69, 9.17) is 4.52 Å². The number of hydrogen-bond donors (Lipinski definition) is 1. The van der Waals surface area contributed by atoms with Crippen molar-refractivity contribution in [3.63, 3.8) is 0 Å². The van der Waals surface area contributed by atoms with Crippen molar-refractivity contribution in [1.29, 1.82) is 0 Å². The quantitative estimate of drug-likeness (QED) is 0.746. The molecule has 2 fully saturated rings. The first-order valence-corrected chi connectivity index (χ1v) is 6.34. The largest absolute Gasteiger partial charge is 0.356 e. The highest BCUT2D eigenvalue weighted by molar-refractivity contribution is 5.82. The van der Waals surface area contributed by atoms with Crippen molar-refractivity contribution in [1.82, 2.24) is 10.5 Å². The molecule has 2 unspecified atom stereocenters. The Hall–Kier alpha value is -1.35. The van der Waals surface area contributed by atoms with Crippen molar-refractivity contribution in [2.75, 3.05) is 13.1 Å². The molecule has 86 valence electrons. The molecule has 2 aromatic rings. The van der Waals surface area contributed by atoms with Crippen LogP contribution in [0, 0.1) is 12.3 Å². The van der Waals surface area contributed by atoms with Crippen LogP contribution in [-0.4, -0.2) is 18.2 Å². The molecule has 0 bridgehead atoms. The number of aryl methyl sites for hydroxylation is 1. The molecule has 0 spiro atoms. The zero-order valence-electron chi connectivity index (χ0n) is 9.84. The number of piperidine rings is 1. The molecule has 5 rings (SSSR count). The van der Waals surface area contributed by atoms with Crippen LogP contribution >= 0.6 is 0 Å². The first kappa shape index (κ1) is 8.70. The third-order valence-corrected chi connectivity index (χ3v) is 5.34. The van der Waals surface area contributed by atoms with Crippen molar-refractivity contribution < 1.29 is 4.52 Å². The van der Waals surface area contributed by atoms with Gasteiger partial charge in [-0.2, -0.15) is 0 Å². The third kappa shape index (κ3) is 0.757. The van der Waals surface area contributed by atoms with Crippen LogP contribution in [0.25, 0.3) is 11.0 Å². The predicted molar refractivity (Wildman–Crippen MR) is 64.0 cm³/mol. The van der Waals surface area contributed by atoms with Gasteiger partial charge in [0.1, 0.15) is 0 Å². The van der Waals surface area contributed by atoms with Gasteiger partial charge in [0.25, 0.3) is 0 Å². The minimum Gasteiger partial charge on any atom is -0.356 e. The lowest BCUT2D eigenvalue weighted by Crippen LogP contribution is -2.21. The van der Waals surface area contributed by atoms with Gasteiger partial charge in [-0.15, -0.1) is 0 Å². The number of nitrogens with zero attached hydrogens (tertiary/aromatic N) is 1. The van der Waals surface area contributed by atoms with Gasteiger partial charge in [0.05, 0.1) is 5.69 Å². The maximum Gasteiger partial charge on any atom is 0.167 e. The molecule has 2 heterocycles. The monoisotopic (exact) mass is 226 g/mol. The van der Waals surface area contributed by atoms with Crippen LogP contribution in [-0.2, 0) is 11.8 Å². The first-order valence-electron chi connectivity index (χ1n) is 6.34. The topological polar surface area (TPSA) is 38.1 Å². The van der Waals surface area contributed by atoms with Gasteiger partial charge in [0, 0.05) is 23.9 Å². The minimum absolute atomic E-state index is 0.442. The maximum absolute atomic E-state index is 5.41. The molecule has 3 heteroatoms. The molecule has 1 aromatic carbocycles. The second kappa shape index (κ2) is 2.27. The molecular formula is C14H14N2O. The van der Waals surface area contributed by atoms with E-state index in [0.29, 0.717) is 10.8 Å². The van der Waals surface area contributed by atoms with E-state index in [1.807, 2.05) is 6.92 Å². The Bertz CT molecular complexity index is 670. The van der Waals surface area contributed by atoms with Crippen molar-refractivity contribution in [2.24, 2.45) is 5.41 Å². The van der Waals surface area contributed by atoms with Gasteiger partial charge >= 0.3 is 0 Å². The van der Waals surface area contributed by atoms with Gasteiger partial charge in [0.2, 0.25) is 0 Å². The van der Waals surface area contributed by atoms with E-state index in [1.165, 1.54) is 35.9 Å². The number of aromatic nitrogens is 1. The van der Waals surface area contributed by atoms with E-state index >= 15 is 0 Å². The summed E-state index contributed by atoms with van der Waals surface area (Å²) >= 11 is 0. The zero-order valence-corrected chi connectivity index (χ0v) is 9.84. The van der Waals surface area contributed by atoms with Crippen LogP contribution in [0.4, 0.5) is 0 Å². The van der Waals surface area contributed by atoms with E-state index in [2.05, 4.69) is 22.6 Å². The Morgan fingerprint density at radius 1 is 1.35 bits per heavy atom. The zero-order chi connectivity index (χ0) is 11.3. The number of benzene rings is 1. The summed E-state index contributed by atoms with van der Waals surface area (Å²) in [7, 11) is 0. The van der Waals surface area contributed by atoms with Crippen LogP contribution in [0.15, 0.2) is 16.7 Å². The standard InChI is InChI=1S/C14H14N2O/c1-8-10-2-9-4-13-5-14(13,7-15-6-13)11(9)3-12(10)17-16-8/h2-3,15H,4-7H2,1H3. The molecule has 1 saturated carbocycles. The molecule has 1 aromatic heterocycles. The van der Waals surface area contributed by atoms with Crippen LogP contribution in [0.1, 0.15) is 23.2 Å². The molecule has 1 N–H and O–H groups in total. The summed E-state index contributed by atoms with van der Waals surface area (Å²) in [5.74, 6) is 0. The second-order valence-corrected chi connectivity index (χ2v) is 6.09. The average molecular weight is 226 g/mol. The lowest BCUT2D eigenvalue weighted by molar-refractivity contribution is 0.450. The molecule has 0 amide bonds. The van der Waals surface area contributed by atoms with Crippen molar-refractivity contribution in [3.05, 3.63) is 29.0 Å². The summed E-state index contributed by atoms with van der Waals surface area (Å²) in [6, 6.07) is 4.57. The minimum atomic E-state index is 0.442. The lowest BCUT2D eigenvalue weighted by Gasteiger charge is -2.13. The summed E-state index contributed by atoms with van der Waals surface area (Å²) in [5, 5.41) is 8.82. The molecular weight excluding hydrogens is 212 g/mol. The normalized spacial score (nSPS) is 37.0. The van der Waals surface area contributed by atoms with Gasteiger partial charge in [-0.1, -0.05) is 5.16 Å². The fourth-order valence-corrected chi connectivity index (χ4v) is 4.41. The van der Waals surface area contributed by atoms with Gasteiger partial charge in [0.15, 0.2) is 5.58 Å². The Labute approximate surface area is 99.2 Å². The molecule has 2 atom stereocenters. The van der Waals surface area contributed by atoms with Crippen LogP contribution in [0.3, 0.4) is 0 Å². The van der Waals surface area contributed by atoms with E-state index < -0.39 is 0 Å². The highest BCUT2D eigenvalue weighted by atomic mass is 16.5. The molecule has 3 nitrogen and oxygen atoms in total. The van der Waals surface area contributed by atoms with E-state index in [0.717, 1.165) is 17.8 Å². The van der Waals surface area contributed by atoms with Gasteiger partial charge in [-0.3, -0.25) is 0 Å². The predicted octanol–water partition coefficient (Wildman–Crippen LogP) is 1.92. The van der Waals surface area contributed by atoms with Crippen molar-refractivity contribution >= 4 is 11.0 Å². The lowest BCUT2D eigenvalue weighted by atomic mass is 9.94. The molecule has 2 aliphatic carbocycles. The fraction of sp³-hybridized carbons (Fsp3) is 0.500. The van der Waals surface area contributed by atoms with Crippen LogP contribution < -0.4 is 5.32 Å². The summed E-state index contributed by atoms with van der Waals surface area (Å²) in [6.45, 7) is 4.37. The molecule has 1 aliphatic heterocycles. The Morgan fingerprint density at radius 3 is 3.24 bits per heavy atom. The summed E-state index contributed by atoms with van der Waals surface area (Å²) < 4.78 is 5.41.